The predicted octanol–water partition coefficient (Wildman–Crippen LogP) is 11.7. The molecule has 14 heteroatoms. The second-order valence-corrected chi connectivity index (χ2v) is 25.2. The molecule has 0 saturated carbocycles. The number of amides is 2. The van der Waals surface area contributed by atoms with E-state index in [-0.39, 0.29) is 58.2 Å². The van der Waals surface area contributed by atoms with Gasteiger partial charge in [0, 0.05) is 26.3 Å². The lowest BCUT2D eigenvalue weighted by atomic mass is 9.87. The number of hydrogen-bond acceptors (Lipinski definition) is 12. The van der Waals surface area contributed by atoms with E-state index in [4.69, 9.17) is 9.47 Å². The van der Waals surface area contributed by atoms with Crippen LogP contribution in [0.4, 0.5) is 0 Å². The molecule has 0 saturated heterocycles. The van der Waals surface area contributed by atoms with Crippen molar-refractivity contribution in [2.75, 3.05) is 26.3 Å². The lowest BCUT2D eigenvalue weighted by Crippen LogP contribution is -2.37. The highest BCUT2D eigenvalue weighted by Gasteiger charge is 2.31. The average molecular weight is 979 g/mol. The highest BCUT2D eigenvalue weighted by Crippen LogP contribution is 2.56. The molecule has 2 atom stereocenters. The minimum Gasteiger partial charge on any atom is -0.506 e. The van der Waals surface area contributed by atoms with Crippen molar-refractivity contribution in [2.45, 2.75) is 183 Å². The molecule has 4 aromatic rings. The molecule has 360 valence electrons. The third kappa shape index (κ3) is 13.3. The second-order valence-electron chi connectivity index (χ2n) is 20.9. The molecular formula is C52H70N2O8S4. The number of phenolic OH excluding ortho intramolecular Hbond substituents is 2. The van der Waals surface area contributed by atoms with Crippen LogP contribution >= 0.6 is 47.0 Å². The molecule has 0 fully saturated rings. The number of aliphatic hydroxyl groups is 2. The van der Waals surface area contributed by atoms with E-state index < -0.39 is 12.2 Å². The van der Waals surface area contributed by atoms with Crippen molar-refractivity contribution in [2.24, 2.45) is 0 Å². The number of nitrogens with one attached hydrogen (secondary N) is 2. The molecule has 8 bridgehead atoms. The Morgan fingerprint density at radius 1 is 0.470 bits per heavy atom. The normalized spacial score (nSPS) is 14.3. The van der Waals surface area contributed by atoms with E-state index in [1.807, 2.05) is 24.3 Å². The van der Waals surface area contributed by atoms with E-state index in [2.05, 4.69) is 118 Å². The number of phenols is 2. The van der Waals surface area contributed by atoms with Gasteiger partial charge in [-0.3, -0.25) is 9.59 Å². The van der Waals surface area contributed by atoms with E-state index in [0.717, 1.165) is 22.3 Å². The van der Waals surface area contributed by atoms with Crippen LogP contribution in [0.25, 0.3) is 0 Å². The van der Waals surface area contributed by atoms with Gasteiger partial charge in [0.05, 0.1) is 39.2 Å². The Hall–Kier alpha value is -3.66. The topological polar surface area (TPSA) is 158 Å². The average Bonchev–Trinajstić information content (AvgIpc) is 3.20. The monoisotopic (exact) mass is 978 g/mol. The van der Waals surface area contributed by atoms with Crippen molar-refractivity contribution in [3.63, 3.8) is 0 Å². The van der Waals surface area contributed by atoms with Crippen LogP contribution in [-0.4, -0.2) is 70.8 Å². The summed E-state index contributed by atoms with van der Waals surface area (Å²) in [5.41, 5.74) is 2.58. The first-order valence-corrected chi connectivity index (χ1v) is 25.8. The number of ether oxygens (including phenoxy) is 2. The summed E-state index contributed by atoms with van der Waals surface area (Å²) in [6.07, 6.45) is -1.06. The maximum Gasteiger partial charge on any atom is 0.260 e. The van der Waals surface area contributed by atoms with Gasteiger partial charge in [-0.25, -0.2) is 0 Å². The Kier molecular flexibility index (Phi) is 17.2. The standard InChI is InChI=1S/C52H70N2O8S4/c1-29(47(59)53-17-15-19-55)61-45-39-25-33(51(9,10)11)26-40(45)64-36-22-32(50(6,7)8)24-38(44(36)58)66-42-28-34(52(12,13)14)27-41(46(42)62-30(2)48(60)54-18-16-20-56)65-37-23-31(49(3,4)5)21-35(63-39)43(37)57/h21-30,55-58H,15-20H2,1-14H3,(H,53,59)(H,54,60)/t29-,30-/m0/s1. The van der Waals surface area contributed by atoms with Gasteiger partial charge < -0.3 is 40.5 Å². The first-order valence-electron chi connectivity index (χ1n) is 22.6. The Morgan fingerprint density at radius 3 is 0.909 bits per heavy atom. The van der Waals surface area contributed by atoms with Gasteiger partial charge in [0.15, 0.2) is 12.2 Å². The molecule has 1 heterocycles. The fourth-order valence-corrected chi connectivity index (χ4v) is 11.2. The summed E-state index contributed by atoms with van der Waals surface area (Å²) in [5, 5.41) is 49.6. The Labute approximate surface area is 409 Å². The van der Waals surface area contributed by atoms with Gasteiger partial charge in [0.25, 0.3) is 11.8 Å². The molecule has 1 aliphatic rings. The summed E-state index contributed by atoms with van der Waals surface area (Å²) in [5.74, 6) is 0.291. The highest BCUT2D eigenvalue weighted by molar-refractivity contribution is 8.01. The highest BCUT2D eigenvalue weighted by atomic mass is 32.2. The first-order chi connectivity index (χ1) is 30.6. The zero-order chi connectivity index (χ0) is 49.1. The van der Waals surface area contributed by atoms with Crippen LogP contribution in [0.5, 0.6) is 23.0 Å². The van der Waals surface area contributed by atoms with Crippen LogP contribution in [0.15, 0.2) is 87.7 Å². The van der Waals surface area contributed by atoms with E-state index >= 15 is 0 Å². The second kappa shape index (κ2) is 21.3. The van der Waals surface area contributed by atoms with Gasteiger partial charge in [-0.2, -0.15) is 0 Å². The maximum atomic E-state index is 13.5. The summed E-state index contributed by atoms with van der Waals surface area (Å²) in [6.45, 7) is 29.4. The third-order valence-corrected chi connectivity index (χ3v) is 15.3. The molecule has 0 aromatic heterocycles. The molecule has 0 unspecified atom stereocenters. The van der Waals surface area contributed by atoms with Crippen LogP contribution in [0.2, 0.25) is 0 Å². The van der Waals surface area contributed by atoms with Crippen molar-refractivity contribution in [1.29, 1.82) is 0 Å². The van der Waals surface area contributed by atoms with Crippen molar-refractivity contribution in [3.05, 3.63) is 70.8 Å². The molecule has 2 amide bonds. The fourth-order valence-electron chi connectivity index (χ4n) is 6.70. The molecule has 4 aromatic carbocycles. The van der Waals surface area contributed by atoms with Gasteiger partial charge in [0.2, 0.25) is 0 Å². The van der Waals surface area contributed by atoms with Crippen LogP contribution in [-0.2, 0) is 31.2 Å². The van der Waals surface area contributed by atoms with Gasteiger partial charge >= 0.3 is 0 Å². The van der Waals surface area contributed by atoms with Crippen molar-refractivity contribution >= 4 is 58.9 Å². The fraction of sp³-hybridized carbons (Fsp3) is 0.500. The Morgan fingerprint density at radius 2 is 0.697 bits per heavy atom. The zero-order valence-corrected chi connectivity index (χ0v) is 44.3. The molecule has 1 aliphatic heterocycles. The van der Waals surface area contributed by atoms with Crippen molar-refractivity contribution in [1.82, 2.24) is 10.6 Å². The van der Waals surface area contributed by atoms with Gasteiger partial charge in [0.1, 0.15) is 23.0 Å². The van der Waals surface area contributed by atoms with Crippen molar-refractivity contribution in [3.8, 4) is 23.0 Å². The largest absolute Gasteiger partial charge is 0.506 e. The maximum absolute atomic E-state index is 13.5. The number of aromatic hydroxyl groups is 2. The quantitative estimate of drug-likeness (QED) is 0.0659. The number of benzene rings is 4. The van der Waals surface area contributed by atoms with Crippen LogP contribution in [0.3, 0.4) is 0 Å². The lowest BCUT2D eigenvalue weighted by Gasteiger charge is -2.28. The molecule has 66 heavy (non-hydrogen) atoms. The summed E-state index contributed by atoms with van der Waals surface area (Å²) in [6, 6.07) is 16.3. The molecule has 0 aliphatic carbocycles. The summed E-state index contributed by atoms with van der Waals surface area (Å²) < 4.78 is 13.5. The summed E-state index contributed by atoms with van der Waals surface area (Å²) in [4.78, 5) is 32.0. The third-order valence-electron chi connectivity index (χ3n) is 11.1. The van der Waals surface area contributed by atoms with E-state index in [9.17, 15) is 30.0 Å². The minimum atomic E-state index is -0.936. The van der Waals surface area contributed by atoms with Crippen LogP contribution in [0, 0.1) is 0 Å². The summed E-state index contributed by atoms with van der Waals surface area (Å²) in [7, 11) is 0. The number of rotatable bonds is 12. The van der Waals surface area contributed by atoms with Crippen LogP contribution in [0.1, 0.15) is 132 Å². The van der Waals surface area contributed by atoms with E-state index in [1.165, 1.54) is 47.0 Å². The van der Waals surface area contributed by atoms with Gasteiger partial charge in [-0.15, -0.1) is 0 Å². The SMILES string of the molecule is C[C@H](Oc1c2cc(C(C)(C)C)cc1Sc1cc(C(C)(C)C)cc(c1O)Sc1cc(C(C)(C)C)cc(c1O[C@@H](C)C(=O)NCCCO)Sc1cc(C(C)(C)C)cc(c1O)S2)C(=O)NCCCO. The summed E-state index contributed by atoms with van der Waals surface area (Å²) >= 11 is 5.41. The molecule has 5 rings (SSSR count). The number of fused-ring (bicyclic) bond motifs is 8. The van der Waals surface area contributed by atoms with E-state index in [1.54, 1.807) is 13.8 Å². The number of carbonyl (C=O) groups excluding carboxylic acids is 2. The molecule has 0 spiro atoms. The minimum absolute atomic E-state index is 0.0509. The zero-order valence-electron chi connectivity index (χ0n) is 41.1. The van der Waals surface area contributed by atoms with Crippen molar-refractivity contribution < 1.29 is 39.5 Å². The number of carbonyl (C=O) groups is 2. The molecule has 0 radical (unpaired) electrons. The smallest absolute Gasteiger partial charge is 0.260 e. The van der Waals surface area contributed by atoms with Gasteiger partial charge in [-0.1, -0.05) is 130 Å². The molecule has 6 N–H and O–H groups in total. The molecule has 10 nitrogen and oxygen atoms in total. The number of hydrogen-bond donors (Lipinski definition) is 6. The Bertz CT molecular complexity index is 2150. The van der Waals surface area contributed by atoms with Crippen LogP contribution < -0.4 is 20.1 Å². The molecular weight excluding hydrogens is 909 g/mol. The number of aliphatic hydroxyl groups excluding tert-OH is 2. The Balaban J connectivity index is 1.91. The van der Waals surface area contributed by atoms with Gasteiger partial charge in [-0.05, 0) is 119 Å². The lowest BCUT2D eigenvalue weighted by molar-refractivity contribution is -0.128. The first kappa shape index (κ1) is 53.3. The predicted molar refractivity (Wildman–Crippen MR) is 270 cm³/mol. The van der Waals surface area contributed by atoms with E-state index in [0.29, 0.717) is 76.6 Å².